The van der Waals surface area contributed by atoms with Gasteiger partial charge in [-0.15, -0.1) is 11.3 Å². The molecule has 0 aliphatic carbocycles. The Labute approximate surface area is 80.3 Å². The molecule has 0 bridgehead atoms. The Morgan fingerprint density at radius 2 is 1.79 bits per heavy atom. The first-order chi connectivity index (χ1) is 6.27. The molecule has 1 nitrogen and oxygen atoms in total. The third kappa shape index (κ3) is 1.88. The predicted molar refractivity (Wildman–Crippen MR) is 42.2 cm³/mol. The molecule has 0 saturated carbocycles. The standard InChI is InChI=1S/C7H6F5NS/c8-6(9,7(10,11)12)5(13)4-2-1-3-14-4/h1-3,5H,13H2/t5-/m0/s1. The number of hydrogen-bond donors (Lipinski definition) is 1. The lowest BCUT2D eigenvalue weighted by molar-refractivity contribution is -0.290. The van der Waals surface area contributed by atoms with Crippen molar-refractivity contribution in [3.8, 4) is 0 Å². The molecule has 80 valence electrons. The molecular formula is C7H6F5NS. The molecule has 0 amide bonds. The van der Waals surface area contributed by atoms with Gasteiger partial charge in [0.15, 0.2) is 0 Å². The molecule has 2 N–H and O–H groups in total. The van der Waals surface area contributed by atoms with Gasteiger partial charge in [0.2, 0.25) is 0 Å². The van der Waals surface area contributed by atoms with E-state index in [1.165, 1.54) is 11.4 Å². The Bertz CT molecular complexity index is 292. The van der Waals surface area contributed by atoms with E-state index in [9.17, 15) is 22.0 Å². The summed E-state index contributed by atoms with van der Waals surface area (Å²) in [5, 5.41) is 1.39. The van der Waals surface area contributed by atoms with Crippen LogP contribution in [0.25, 0.3) is 0 Å². The van der Waals surface area contributed by atoms with Gasteiger partial charge in [-0.2, -0.15) is 22.0 Å². The van der Waals surface area contributed by atoms with Gasteiger partial charge < -0.3 is 5.73 Å². The highest BCUT2D eigenvalue weighted by molar-refractivity contribution is 7.10. The summed E-state index contributed by atoms with van der Waals surface area (Å²) in [5.74, 6) is -4.89. The van der Waals surface area contributed by atoms with Crippen molar-refractivity contribution in [1.29, 1.82) is 0 Å². The Morgan fingerprint density at radius 3 is 2.14 bits per heavy atom. The van der Waals surface area contributed by atoms with Crippen LogP contribution in [0.2, 0.25) is 0 Å². The highest BCUT2D eigenvalue weighted by Gasteiger charge is 2.61. The van der Waals surface area contributed by atoms with E-state index in [2.05, 4.69) is 0 Å². The normalized spacial score (nSPS) is 15.6. The molecule has 0 spiro atoms. The van der Waals surface area contributed by atoms with Gasteiger partial charge in [0.1, 0.15) is 6.04 Å². The fraction of sp³-hybridized carbons (Fsp3) is 0.429. The molecule has 1 rings (SSSR count). The average molecular weight is 231 g/mol. The number of rotatable bonds is 2. The zero-order chi connectivity index (χ0) is 11.0. The topological polar surface area (TPSA) is 26.0 Å². The predicted octanol–water partition coefficient (Wildman–Crippen LogP) is 2.95. The van der Waals surface area contributed by atoms with Crippen LogP contribution < -0.4 is 5.73 Å². The number of thiophene rings is 1. The lowest BCUT2D eigenvalue weighted by atomic mass is 10.1. The van der Waals surface area contributed by atoms with Crippen LogP contribution in [-0.4, -0.2) is 12.1 Å². The summed E-state index contributed by atoms with van der Waals surface area (Å²) in [6.45, 7) is 0. The van der Waals surface area contributed by atoms with Crippen molar-refractivity contribution in [2.75, 3.05) is 0 Å². The molecular weight excluding hydrogens is 225 g/mol. The van der Waals surface area contributed by atoms with Crippen molar-refractivity contribution >= 4 is 11.3 Å². The Morgan fingerprint density at radius 1 is 1.21 bits per heavy atom. The molecule has 0 saturated heterocycles. The van der Waals surface area contributed by atoms with Crippen LogP contribution in [0.4, 0.5) is 22.0 Å². The van der Waals surface area contributed by atoms with E-state index < -0.39 is 18.1 Å². The molecule has 0 aliphatic rings. The second-order valence-corrected chi connectivity index (χ2v) is 3.59. The maximum atomic E-state index is 12.6. The minimum atomic E-state index is -5.61. The third-order valence-electron chi connectivity index (χ3n) is 1.62. The van der Waals surface area contributed by atoms with Crippen LogP contribution in [-0.2, 0) is 0 Å². The summed E-state index contributed by atoms with van der Waals surface area (Å²) < 4.78 is 60.8. The lowest BCUT2D eigenvalue weighted by Crippen LogP contribution is -2.45. The monoisotopic (exact) mass is 231 g/mol. The fourth-order valence-electron chi connectivity index (χ4n) is 0.823. The zero-order valence-electron chi connectivity index (χ0n) is 6.68. The van der Waals surface area contributed by atoms with Gasteiger partial charge in [-0.1, -0.05) is 6.07 Å². The maximum Gasteiger partial charge on any atom is 0.455 e. The highest BCUT2D eigenvalue weighted by Crippen LogP contribution is 2.44. The molecule has 1 atom stereocenters. The third-order valence-corrected chi connectivity index (χ3v) is 2.57. The van der Waals surface area contributed by atoms with Crippen molar-refractivity contribution in [3.05, 3.63) is 22.4 Å². The smallest absolute Gasteiger partial charge is 0.318 e. The van der Waals surface area contributed by atoms with Crippen LogP contribution in [0.15, 0.2) is 17.5 Å². The highest BCUT2D eigenvalue weighted by atomic mass is 32.1. The summed E-state index contributed by atoms with van der Waals surface area (Å²) in [5.41, 5.74) is 4.84. The van der Waals surface area contributed by atoms with Gasteiger partial charge >= 0.3 is 12.1 Å². The minimum absolute atomic E-state index is 0.188. The first-order valence-electron chi connectivity index (χ1n) is 3.50. The molecule has 7 heteroatoms. The van der Waals surface area contributed by atoms with Gasteiger partial charge in [-0.05, 0) is 11.4 Å². The zero-order valence-corrected chi connectivity index (χ0v) is 7.50. The van der Waals surface area contributed by atoms with Gasteiger partial charge in [0.25, 0.3) is 0 Å². The summed E-state index contributed by atoms with van der Waals surface area (Å²) in [6, 6.07) is 0.184. The van der Waals surface area contributed by atoms with E-state index in [0.717, 1.165) is 17.4 Å². The van der Waals surface area contributed by atoms with Crippen LogP contribution in [0.3, 0.4) is 0 Å². The van der Waals surface area contributed by atoms with Crippen LogP contribution in [0.5, 0.6) is 0 Å². The number of hydrogen-bond acceptors (Lipinski definition) is 2. The number of halogens is 5. The molecule has 1 aromatic heterocycles. The van der Waals surface area contributed by atoms with Crippen molar-refractivity contribution in [1.82, 2.24) is 0 Å². The van der Waals surface area contributed by atoms with Gasteiger partial charge in [0, 0.05) is 4.88 Å². The van der Waals surface area contributed by atoms with Crippen LogP contribution in [0, 0.1) is 0 Å². The molecule has 14 heavy (non-hydrogen) atoms. The molecule has 1 heterocycles. The first kappa shape index (κ1) is 11.4. The van der Waals surface area contributed by atoms with Crippen molar-refractivity contribution in [2.24, 2.45) is 5.73 Å². The van der Waals surface area contributed by atoms with E-state index in [0.29, 0.717) is 0 Å². The second kappa shape index (κ2) is 3.47. The average Bonchev–Trinajstić information content (AvgIpc) is 2.52. The van der Waals surface area contributed by atoms with E-state index in [-0.39, 0.29) is 4.88 Å². The second-order valence-electron chi connectivity index (χ2n) is 2.61. The summed E-state index contributed by atoms with van der Waals surface area (Å²) in [4.78, 5) is -0.188. The minimum Gasteiger partial charge on any atom is -0.318 e. The summed E-state index contributed by atoms with van der Waals surface area (Å²) >= 11 is 0.769. The van der Waals surface area contributed by atoms with Crippen LogP contribution >= 0.6 is 11.3 Å². The summed E-state index contributed by atoms with van der Waals surface area (Å²) in [7, 11) is 0. The molecule has 0 unspecified atom stereocenters. The van der Waals surface area contributed by atoms with E-state index in [4.69, 9.17) is 5.73 Å². The largest absolute Gasteiger partial charge is 0.455 e. The molecule has 0 radical (unpaired) electrons. The molecule has 1 aromatic rings. The van der Waals surface area contributed by atoms with Gasteiger partial charge in [0.05, 0.1) is 0 Å². The van der Waals surface area contributed by atoms with E-state index >= 15 is 0 Å². The fourth-order valence-corrected chi connectivity index (χ4v) is 1.59. The van der Waals surface area contributed by atoms with Gasteiger partial charge in [-0.25, -0.2) is 0 Å². The quantitative estimate of drug-likeness (QED) is 0.778. The number of nitrogens with two attached hydrogens (primary N) is 1. The Balaban J connectivity index is 2.94. The van der Waals surface area contributed by atoms with Crippen molar-refractivity contribution in [3.63, 3.8) is 0 Å². The van der Waals surface area contributed by atoms with Crippen LogP contribution in [0.1, 0.15) is 10.9 Å². The Kier molecular flexibility index (Phi) is 2.82. The molecule has 0 aromatic carbocycles. The van der Waals surface area contributed by atoms with E-state index in [1.807, 2.05) is 0 Å². The Hall–Kier alpha value is -0.690. The molecule has 0 aliphatic heterocycles. The van der Waals surface area contributed by atoms with E-state index in [1.54, 1.807) is 0 Å². The number of alkyl halides is 5. The van der Waals surface area contributed by atoms with Crippen molar-refractivity contribution < 1.29 is 22.0 Å². The molecule has 0 fully saturated rings. The lowest BCUT2D eigenvalue weighted by Gasteiger charge is -2.24. The van der Waals surface area contributed by atoms with Gasteiger partial charge in [-0.3, -0.25) is 0 Å². The first-order valence-corrected chi connectivity index (χ1v) is 4.38. The maximum absolute atomic E-state index is 12.6. The van der Waals surface area contributed by atoms with Crippen molar-refractivity contribution in [2.45, 2.75) is 18.1 Å². The SMILES string of the molecule is N[C@@H](c1cccs1)C(F)(F)C(F)(F)F. The summed E-state index contributed by atoms with van der Waals surface area (Å²) in [6.07, 6.45) is -5.61.